The summed E-state index contributed by atoms with van der Waals surface area (Å²) in [6.07, 6.45) is 3.16. The van der Waals surface area contributed by atoms with Crippen LogP contribution in [0.25, 0.3) is 0 Å². The zero-order valence-electron chi connectivity index (χ0n) is 20.7. The fourth-order valence-electron chi connectivity index (χ4n) is 5.00. The molecule has 2 aliphatic rings. The van der Waals surface area contributed by atoms with Crippen LogP contribution in [0, 0.1) is 25.6 Å². The van der Waals surface area contributed by atoms with Crippen LogP contribution in [0.2, 0.25) is 5.02 Å². The van der Waals surface area contributed by atoms with Crippen molar-refractivity contribution in [1.29, 1.82) is 0 Å². The lowest BCUT2D eigenvalue weighted by molar-refractivity contribution is -0.143. The molecule has 2 fully saturated rings. The molecule has 3 heterocycles. The van der Waals surface area contributed by atoms with Crippen LogP contribution in [-0.4, -0.2) is 65.4 Å². The maximum Gasteiger partial charge on any atom is 0.226 e. The Morgan fingerprint density at radius 1 is 1.14 bits per heavy atom. The first-order valence-electron chi connectivity index (χ1n) is 12.3. The highest BCUT2D eigenvalue weighted by Crippen LogP contribution is 2.26. The summed E-state index contributed by atoms with van der Waals surface area (Å²) in [7, 11) is 0. The molecule has 2 saturated heterocycles. The van der Waals surface area contributed by atoms with E-state index in [-0.39, 0.29) is 41.3 Å². The number of nitrogens with zero attached hydrogens (tertiary/aromatic N) is 3. The Bertz CT molecular complexity index is 1100. The molecule has 1 atom stereocenters. The van der Waals surface area contributed by atoms with E-state index < -0.39 is 5.82 Å². The van der Waals surface area contributed by atoms with Gasteiger partial charge in [-0.2, -0.15) is 0 Å². The normalized spacial score (nSPS) is 19.7. The number of Topliss-reactive ketones (excluding diaryl/α,β-unsaturated/α-hetero) is 1. The molecule has 1 amide bonds. The van der Waals surface area contributed by atoms with Crippen molar-refractivity contribution >= 4 is 23.3 Å². The van der Waals surface area contributed by atoms with Gasteiger partial charge in [-0.3, -0.25) is 19.5 Å². The van der Waals surface area contributed by atoms with Gasteiger partial charge in [0.15, 0.2) is 5.78 Å². The lowest BCUT2D eigenvalue weighted by Gasteiger charge is -2.42. The second kappa shape index (κ2) is 11.1. The number of halogens is 2. The Hall–Kier alpha value is -2.35. The molecule has 0 unspecified atom stereocenters. The quantitative estimate of drug-likeness (QED) is 0.550. The number of rotatable bonds is 6. The van der Waals surface area contributed by atoms with Gasteiger partial charge in [0, 0.05) is 74.6 Å². The van der Waals surface area contributed by atoms with Crippen LogP contribution in [-0.2, 0) is 22.5 Å². The topological polar surface area (TPSA) is 62.7 Å². The summed E-state index contributed by atoms with van der Waals surface area (Å²) in [5.41, 5.74) is 3.43. The average molecular weight is 502 g/mol. The molecule has 1 aromatic heterocycles. The first-order valence-corrected chi connectivity index (χ1v) is 12.6. The van der Waals surface area contributed by atoms with E-state index in [9.17, 15) is 14.0 Å². The van der Waals surface area contributed by atoms with Gasteiger partial charge < -0.3 is 9.64 Å². The van der Waals surface area contributed by atoms with Crippen LogP contribution in [0.5, 0.6) is 0 Å². The molecule has 8 heteroatoms. The van der Waals surface area contributed by atoms with Crippen LogP contribution >= 0.6 is 11.6 Å². The Morgan fingerprint density at radius 2 is 1.86 bits per heavy atom. The van der Waals surface area contributed by atoms with Gasteiger partial charge in [-0.15, -0.1) is 0 Å². The Balaban J connectivity index is 1.42. The summed E-state index contributed by atoms with van der Waals surface area (Å²) >= 11 is 6.43. The van der Waals surface area contributed by atoms with E-state index >= 15 is 0 Å². The molecule has 0 spiro atoms. The maximum absolute atomic E-state index is 13.9. The van der Waals surface area contributed by atoms with Crippen molar-refractivity contribution in [2.45, 2.75) is 52.6 Å². The Labute approximate surface area is 211 Å². The number of aromatic nitrogens is 1. The molecule has 1 aromatic carbocycles. The number of pyridine rings is 1. The predicted octanol–water partition coefficient (Wildman–Crippen LogP) is 4.38. The highest BCUT2D eigenvalue weighted by molar-refractivity contribution is 6.30. The van der Waals surface area contributed by atoms with Crippen LogP contribution in [0.3, 0.4) is 0 Å². The summed E-state index contributed by atoms with van der Waals surface area (Å²) in [6, 6.07) is 5.13. The molecule has 0 N–H and O–H groups in total. The number of aryl methyl sites for hydroxylation is 1. The number of benzene rings is 1. The number of hydrogen-bond acceptors (Lipinski definition) is 5. The van der Waals surface area contributed by atoms with Crippen molar-refractivity contribution in [1.82, 2.24) is 14.8 Å². The van der Waals surface area contributed by atoms with Gasteiger partial charge in [0.05, 0.1) is 5.69 Å². The lowest BCUT2D eigenvalue weighted by Crippen LogP contribution is -2.55. The highest BCUT2D eigenvalue weighted by atomic mass is 35.5. The predicted molar refractivity (Wildman–Crippen MR) is 133 cm³/mol. The van der Waals surface area contributed by atoms with Gasteiger partial charge in [0.2, 0.25) is 5.91 Å². The third-order valence-corrected chi connectivity index (χ3v) is 7.46. The molecule has 4 rings (SSSR count). The van der Waals surface area contributed by atoms with Gasteiger partial charge >= 0.3 is 0 Å². The van der Waals surface area contributed by atoms with Crippen molar-refractivity contribution in [2.75, 3.05) is 32.8 Å². The molecule has 2 aromatic rings. The van der Waals surface area contributed by atoms with E-state index in [0.717, 1.165) is 42.6 Å². The first kappa shape index (κ1) is 25.7. The lowest BCUT2D eigenvalue weighted by atomic mass is 9.95. The van der Waals surface area contributed by atoms with Gasteiger partial charge in [0.25, 0.3) is 0 Å². The standard InChI is InChI=1S/C27H33ClFN3O3/c1-17-15-31(6-7-32(17)27(34)20-4-8-35-9-5-20)16-23-11-24(28)10-21(18(23)2)13-26(33)22-12-25(29)19(3)30-14-22/h10-12,14,17,20H,4-9,13,15-16H2,1-3H3/t17-/m0/s1. The number of hydrogen-bond donors (Lipinski definition) is 0. The highest BCUT2D eigenvalue weighted by Gasteiger charge is 2.32. The Kier molecular flexibility index (Phi) is 8.19. The number of piperazine rings is 1. The van der Waals surface area contributed by atoms with Crippen molar-refractivity contribution in [2.24, 2.45) is 5.92 Å². The minimum Gasteiger partial charge on any atom is -0.381 e. The Morgan fingerprint density at radius 3 is 2.54 bits per heavy atom. The van der Waals surface area contributed by atoms with Gasteiger partial charge in [-0.25, -0.2) is 4.39 Å². The van der Waals surface area contributed by atoms with Crippen molar-refractivity contribution in [3.05, 3.63) is 63.2 Å². The number of carbonyl (C=O) groups is 2. The number of ketones is 1. The molecule has 6 nitrogen and oxygen atoms in total. The largest absolute Gasteiger partial charge is 0.381 e. The maximum atomic E-state index is 13.9. The van der Waals surface area contributed by atoms with Crippen LogP contribution < -0.4 is 0 Å². The number of carbonyl (C=O) groups excluding carboxylic acids is 2. The van der Waals surface area contributed by atoms with Gasteiger partial charge in [0.1, 0.15) is 5.82 Å². The first-order chi connectivity index (χ1) is 16.7. The SMILES string of the molecule is Cc1ncc(C(=O)Cc2cc(Cl)cc(CN3CCN(C(=O)C4CCOCC4)[C@@H](C)C3)c2C)cc1F. The number of amides is 1. The van der Waals surface area contributed by atoms with Crippen LogP contribution in [0.4, 0.5) is 4.39 Å². The van der Waals surface area contributed by atoms with Crippen molar-refractivity contribution in [3.63, 3.8) is 0 Å². The summed E-state index contributed by atoms with van der Waals surface area (Å²) < 4.78 is 19.3. The fraction of sp³-hybridized carbons (Fsp3) is 0.519. The van der Waals surface area contributed by atoms with Crippen LogP contribution in [0.15, 0.2) is 24.4 Å². The van der Waals surface area contributed by atoms with Crippen molar-refractivity contribution in [3.8, 4) is 0 Å². The van der Waals surface area contributed by atoms with Gasteiger partial charge in [-0.1, -0.05) is 11.6 Å². The summed E-state index contributed by atoms with van der Waals surface area (Å²) in [5, 5.41) is 0.572. The van der Waals surface area contributed by atoms with Crippen molar-refractivity contribution < 1.29 is 18.7 Å². The summed E-state index contributed by atoms with van der Waals surface area (Å²) in [6.45, 7) is 9.96. The second-order valence-corrected chi connectivity index (χ2v) is 10.2. The van der Waals surface area contributed by atoms with E-state index in [0.29, 0.717) is 31.3 Å². The molecule has 35 heavy (non-hydrogen) atoms. The second-order valence-electron chi connectivity index (χ2n) is 9.74. The molecule has 0 radical (unpaired) electrons. The third-order valence-electron chi connectivity index (χ3n) is 7.24. The minimum absolute atomic E-state index is 0.0743. The smallest absolute Gasteiger partial charge is 0.226 e. The molecule has 0 aliphatic carbocycles. The summed E-state index contributed by atoms with van der Waals surface area (Å²) in [5.74, 6) is -0.350. The van der Waals surface area contributed by atoms with Gasteiger partial charge in [-0.05, 0) is 68.5 Å². The molecule has 0 bridgehead atoms. The minimum atomic E-state index is -0.483. The fourth-order valence-corrected chi connectivity index (χ4v) is 5.27. The number of ether oxygens (including phenoxy) is 1. The van der Waals surface area contributed by atoms with E-state index in [1.165, 1.54) is 12.3 Å². The monoisotopic (exact) mass is 501 g/mol. The zero-order valence-corrected chi connectivity index (χ0v) is 21.4. The molecular weight excluding hydrogens is 469 g/mol. The third kappa shape index (κ3) is 6.08. The van der Waals surface area contributed by atoms with E-state index in [2.05, 4.69) is 16.8 Å². The summed E-state index contributed by atoms with van der Waals surface area (Å²) in [4.78, 5) is 34.1. The van der Waals surface area contributed by atoms with E-state index in [4.69, 9.17) is 16.3 Å². The van der Waals surface area contributed by atoms with E-state index in [1.54, 1.807) is 6.92 Å². The van der Waals surface area contributed by atoms with E-state index in [1.807, 2.05) is 24.0 Å². The molecule has 188 valence electrons. The molecule has 0 saturated carbocycles. The average Bonchev–Trinajstić information content (AvgIpc) is 2.84. The molecular formula is C27H33ClFN3O3. The zero-order chi connectivity index (χ0) is 25.1. The molecule has 2 aliphatic heterocycles. The van der Waals surface area contributed by atoms with Crippen LogP contribution in [0.1, 0.15) is 52.5 Å².